The van der Waals surface area contributed by atoms with Crippen LogP contribution in [0.25, 0.3) is 0 Å². The molecule has 0 spiro atoms. The number of carbonyl (C=O) groups excluding carboxylic acids is 1. The lowest BCUT2D eigenvalue weighted by atomic mass is 10.1. The van der Waals surface area contributed by atoms with Gasteiger partial charge < -0.3 is 20.6 Å². The lowest BCUT2D eigenvalue weighted by Gasteiger charge is -2.29. The minimum absolute atomic E-state index is 0.124. The van der Waals surface area contributed by atoms with E-state index in [2.05, 4.69) is 38.5 Å². The molecule has 114 valence electrons. The number of hydrogen-bond donors (Lipinski definition) is 3. The Bertz CT molecular complexity index is 542. The molecule has 1 aliphatic heterocycles. The largest absolute Gasteiger partial charge is 0.478 e. The summed E-state index contributed by atoms with van der Waals surface area (Å²) in [6.45, 7) is 1.93. The SMILES string of the molecule is CN1CCC(NC(=O)Nc2cc(Br)cc(C(=O)O)c2)CC1. The zero-order valence-electron chi connectivity index (χ0n) is 11.7. The van der Waals surface area contributed by atoms with Crippen molar-refractivity contribution < 1.29 is 14.7 Å². The highest BCUT2D eigenvalue weighted by atomic mass is 79.9. The fraction of sp³-hybridized carbons (Fsp3) is 0.429. The number of hydrogen-bond acceptors (Lipinski definition) is 3. The Hall–Kier alpha value is -1.60. The number of carbonyl (C=O) groups is 2. The van der Waals surface area contributed by atoms with Crippen LogP contribution in [-0.4, -0.2) is 48.2 Å². The van der Waals surface area contributed by atoms with Crippen molar-refractivity contribution >= 4 is 33.6 Å². The molecule has 0 atom stereocenters. The third-order valence-electron chi connectivity index (χ3n) is 3.46. The number of aromatic carboxylic acids is 1. The fourth-order valence-corrected chi connectivity index (χ4v) is 2.78. The van der Waals surface area contributed by atoms with Crippen LogP contribution in [-0.2, 0) is 0 Å². The maximum absolute atomic E-state index is 12.0. The van der Waals surface area contributed by atoms with Gasteiger partial charge in [0.25, 0.3) is 0 Å². The topological polar surface area (TPSA) is 81.7 Å². The molecular weight excluding hydrogens is 338 g/mol. The molecule has 1 aromatic carbocycles. The molecule has 1 aliphatic rings. The van der Waals surface area contributed by atoms with Gasteiger partial charge in [0.2, 0.25) is 0 Å². The molecule has 3 N–H and O–H groups in total. The number of rotatable bonds is 3. The molecule has 1 heterocycles. The summed E-state index contributed by atoms with van der Waals surface area (Å²) in [6, 6.07) is 4.44. The van der Waals surface area contributed by atoms with Crippen molar-refractivity contribution in [3.8, 4) is 0 Å². The van der Waals surface area contributed by atoms with Crippen molar-refractivity contribution in [2.24, 2.45) is 0 Å². The third kappa shape index (κ3) is 4.71. The van der Waals surface area contributed by atoms with Gasteiger partial charge in [-0.1, -0.05) is 15.9 Å². The number of benzene rings is 1. The molecule has 21 heavy (non-hydrogen) atoms. The zero-order valence-corrected chi connectivity index (χ0v) is 13.3. The summed E-state index contributed by atoms with van der Waals surface area (Å²) in [7, 11) is 2.06. The van der Waals surface area contributed by atoms with E-state index in [9.17, 15) is 9.59 Å². The zero-order chi connectivity index (χ0) is 15.4. The second-order valence-electron chi connectivity index (χ2n) is 5.21. The molecule has 0 aromatic heterocycles. The minimum atomic E-state index is -1.03. The van der Waals surface area contributed by atoms with Crippen LogP contribution < -0.4 is 10.6 Å². The molecule has 1 aromatic rings. The van der Waals surface area contributed by atoms with E-state index in [0.717, 1.165) is 25.9 Å². The van der Waals surface area contributed by atoms with Crippen LogP contribution in [0, 0.1) is 0 Å². The minimum Gasteiger partial charge on any atom is -0.478 e. The van der Waals surface area contributed by atoms with E-state index in [0.29, 0.717) is 10.2 Å². The molecule has 1 fully saturated rings. The summed E-state index contributed by atoms with van der Waals surface area (Å²) in [5.41, 5.74) is 0.575. The number of likely N-dealkylation sites (tertiary alicyclic amines) is 1. The number of carboxylic acids is 1. The Balaban J connectivity index is 1.95. The van der Waals surface area contributed by atoms with Gasteiger partial charge in [-0.25, -0.2) is 9.59 Å². The first-order valence-electron chi connectivity index (χ1n) is 6.74. The average molecular weight is 356 g/mol. The van der Waals surface area contributed by atoms with Gasteiger partial charge in [-0.15, -0.1) is 0 Å². The van der Waals surface area contributed by atoms with Crippen LogP contribution in [0.15, 0.2) is 22.7 Å². The third-order valence-corrected chi connectivity index (χ3v) is 3.91. The molecule has 1 saturated heterocycles. The van der Waals surface area contributed by atoms with Crippen molar-refractivity contribution in [1.82, 2.24) is 10.2 Å². The Morgan fingerprint density at radius 2 is 1.95 bits per heavy atom. The van der Waals surface area contributed by atoms with Gasteiger partial charge in [-0.2, -0.15) is 0 Å². The smallest absolute Gasteiger partial charge is 0.335 e. The molecular formula is C14H18BrN3O3. The highest BCUT2D eigenvalue weighted by Crippen LogP contribution is 2.20. The van der Waals surface area contributed by atoms with E-state index in [-0.39, 0.29) is 17.6 Å². The lowest BCUT2D eigenvalue weighted by Crippen LogP contribution is -2.44. The molecule has 7 heteroatoms. The van der Waals surface area contributed by atoms with Gasteiger partial charge >= 0.3 is 12.0 Å². The number of anilines is 1. The first-order chi connectivity index (χ1) is 9.94. The summed E-state index contributed by atoms with van der Waals surface area (Å²) in [6.07, 6.45) is 1.84. The van der Waals surface area contributed by atoms with Crippen molar-refractivity contribution in [2.75, 3.05) is 25.5 Å². The van der Waals surface area contributed by atoms with Crippen LogP contribution in [0.2, 0.25) is 0 Å². The molecule has 0 aliphatic carbocycles. The molecule has 2 rings (SSSR count). The summed E-state index contributed by atoms with van der Waals surface area (Å²) in [5, 5.41) is 14.6. The van der Waals surface area contributed by atoms with Crippen LogP contribution in [0.4, 0.5) is 10.5 Å². The Morgan fingerprint density at radius 1 is 1.29 bits per heavy atom. The molecule has 0 saturated carbocycles. The van der Waals surface area contributed by atoms with Crippen LogP contribution in [0.5, 0.6) is 0 Å². The summed E-state index contributed by atoms with van der Waals surface area (Å²) < 4.78 is 0.608. The molecule has 6 nitrogen and oxygen atoms in total. The Labute approximate surface area is 131 Å². The highest BCUT2D eigenvalue weighted by molar-refractivity contribution is 9.10. The first-order valence-corrected chi connectivity index (χ1v) is 7.53. The number of nitrogens with one attached hydrogen (secondary N) is 2. The van der Waals surface area contributed by atoms with Crippen molar-refractivity contribution in [2.45, 2.75) is 18.9 Å². The van der Waals surface area contributed by atoms with Crippen molar-refractivity contribution in [3.63, 3.8) is 0 Å². The van der Waals surface area contributed by atoms with E-state index in [4.69, 9.17) is 5.11 Å². The quantitative estimate of drug-likeness (QED) is 0.777. The standard InChI is InChI=1S/C14H18BrN3O3/c1-18-4-2-11(3-5-18)16-14(21)17-12-7-9(13(19)20)6-10(15)8-12/h6-8,11H,2-5H2,1H3,(H,19,20)(H2,16,17,21). The second-order valence-corrected chi connectivity index (χ2v) is 6.13. The van der Waals surface area contributed by atoms with Gasteiger partial charge in [-0.05, 0) is 51.2 Å². The van der Waals surface area contributed by atoms with Crippen LogP contribution in [0.1, 0.15) is 23.2 Å². The molecule has 0 unspecified atom stereocenters. The molecule has 0 radical (unpaired) electrons. The van der Waals surface area contributed by atoms with E-state index in [1.54, 1.807) is 6.07 Å². The van der Waals surface area contributed by atoms with E-state index < -0.39 is 5.97 Å². The number of urea groups is 1. The number of nitrogens with zero attached hydrogens (tertiary/aromatic N) is 1. The molecule has 0 bridgehead atoms. The van der Waals surface area contributed by atoms with Crippen LogP contribution >= 0.6 is 15.9 Å². The average Bonchev–Trinajstić information content (AvgIpc) is 2.40. The van der Waals surface area contributed by atoms with E-state index >= 15 is 0 Å². The number of piperidine rings is 1. The monoisotopic (exact) mass is 355 g/mol. The van der Waals surface area contributed by atoms with Crippen molar-refractivity contribution in [1.29, 1.82) is 0 Å². The predicted octanol–water partition coefficient (Wildman–Crippen LogP) is 2.36. The second kappa shape index (κ2) is 6.91. The van der Waals surface area contributed by atoms with Gasteiger partial charge in [0.05, 0.1) is 5.56 Å². The Kier molecular flexibility index (Phi) is 5.19. The Morgan fingerprint density at radius 3 is 2.57 bits per heavy atom. The highest BCUT2D eigenvalue weighted by Gasteiger charge is 2.18. The van der Waals surface area contributed by atoms with E-state index in [1.807, 2.05) is 0 Å². The maximum Gasteiger partial charge on any atom is 0.335 e. The number of amides is 2. The molecule has 2 amide bonds. The van der Waals surface area contributed by atoms with Crippen LogP contribution in [0.3, 0.4) is 0 Å². The lowest BCUT2D eigenvalue weighted by molar-refractivity contribution is 0.0697. The fourth-order valence-electron chi connectivity index (χ4n) is 2.29. The maximum atomic E-state index is 12.0. The van der Waals surface area contributed by atoms with Gasteiger partial charge in [0.15, 0.2) is 0 Å². The summed E-state index contributed by atoms with van der Waals surface area (Å²) >= 11 is 3.24. The van der Waals surface area contributed by atoms with Crippen molar-refractivity contribution in [3.05, 3.63) is 28.2 Å². The van der Waals surface area contributed by atoms with Gasteiger partial charge in [0, 0.05) is 16.2 Å². The van der Waals surface area contributed by atoms with Gasteiger partial charge in [0.1, 0.15) is 0 Å². The number of halogens is 1. The van der Waals surface area contributed by atoms with E-state index in [1.165, 1.54) is 12.1 Å². The van der Waals surface area contributed by atoms with Gasteiger partial charge in [-0.3, -0.25) is 0 Å². The predicted molar refractivity (Wildman–Crippen MR) is 83.8 cm³/mol. The first kappa shape index (κ1) is 15.8. The summed E-state index contributed by atoms with van der Waals surface area (Å²) in [5.74, 6) is -1.03. The summed E-state index contributed by atoms with van der Waals surface area (Å²) in [4.78, 5) is 25.2. The number of carboxylic acid groups (broad SMARTS) is 1. The normalized spacial score (nSPS) is 16.5.